The van der Waals surface area contributed by atoms with Crippen LogP contribution in [0.15, 0.2) is 48.5 Å². The molecule has 2 aromatic rings. The van der Waals surface area contributed by atoms with Crippen LogP contribution in [0.2, 0.25) is 0 Å². The maximum atomic E-state index is 12.7. The Morgan fingerprint density at radius 1 is 0.943 bits per heavy atom. The highest BCUT2D eigenvalue weighted by Gasteiger charge is 2.37. The van der Waals surface area contributed by atoms with Crippen LogP contribution in [0.5, 0.6) is 0 Å². The molecule has 7 nitrogen and oxygen atoms in total. The molecule has 0 saturated carbocycles. The zero-order chi connectivity index (χ0) is 25.8. The Kier molecular flexibility index (Phi) is 8.03. The molecule has 0 bridgehead atoms. The highest BCUT2D eigenvalue weighted by Crippen LogP contribution is 2.44. The molecule has 0 spiro atoms. The number of ether oxygens (including phenoxy) is 1. The SMILES string of the molecule is CC(C)C[C@@H](NC(=O)OCC1c2ccccc2-c2ccccc21)C(=O)NC(CC(F)(F)F)C(=O)O. The predicted molar refractivity (Wildman–Crippen MR) is 122 cm³/mol. The second-order valence-corrected chi connectivity index (χ2v) is 8.87. The van der Waals surface area contributed by atoms with Crippen molar-refractivity contribution in [2.24, 2.45) is 5.92 Å². The van der Waals surface area contributed by atoms with Crippen LogP contribution in [0.3, 0.4) is 0 Å². The van der Waals surface area contributed by atoms with Gasteiger partial charge in [-0.3, -0.25) is 4.79 Å². The smallest absolute Gasteiger partial charge is 0.407 e. The molecule has 1 aliphatic rings. The van der Waals surface area contributed by atoms with Crippen molar-refractivity contribution in [2.75, 3.05) is 6.61 Å². The average Bonchev–Trinajstić information content (AvgIpc) is 3.09. The van der Waals surface area contributed by atoms with E-state index >= 15 is 0 Å². The van der Waals surface area contributed by atoms with Gasteiger partial charge in [0.15, 0.2) is 0 Å². The first-order valence-corrected chi connectivity index (χ1v) is 11.2. The Hall–Kier alpha value is -3.56. The van der Waals surface area contributed by atoms with Crippen molar-refractivity contribution in [2.45, 2.75) is 50.9 Å². The van der Waals surface area contributed by atoms with Crippen LogP contribution in [0.4, 0.5) is 18.0 Å². The molecule has 10 heteroatoms. The minimum Gasteiger partial charge on any atom is -0.480 e. The Morgan fingerprint density at radius 3 is 1.97 bits per heavy atom. The van der Waals surface area contributed by atoms with Gasteiger partial charge in [-0.05, 0) is 34.6 Å². The van der Waals surface area contributed by atoms with Crippen molar-refractivity contribution in [1.29, 1.82) is 0 Å². The van der Waals surface area contributed by atoms with E-state index in [9.17, 15) is 27.6 Å². The van der Waals surface area contributed by atoms with E-state index in [2.05, 4.69) is 5.32 Å². The monoisotopic (exact) mass is 492 g/mol. The number of aliphatic carboxylic acids is 1. The largest absolute Gasteiger partial charge is 0.480 e. The number of carboxylic acid groups (broad SMARTS) is 1. The van der Waals surface area contributed by atoms with Gasteiger partial charge in [-0.15, -0.1) is 0 Å². The van der Waals surface area contributed by atoms with Crippen molar-refractivity contribution < 1.29 is 37.4 Å². The number of hydrogen-bond donors (Lipinski definition) is 3. The van der Waals surface area contributed by atoms with E-state index in [-0.39, 0.29) is 24.9 Å². The van der Waals surface area contributed by atoms with E-state index in [0.29, 0.717) is 0 Å². The molecule has 0 aliphatic heterocycles. The number of rotatable bonds is 9. The van der Waals surface area contributed by atoms with Gasteiger partial charge >= 0.3 is 18.2 Å². The normalized spacial score (nSPS) is 14.6. The van der Waals surface area contributed by atoms with Gasteiger partial charge in [-0.1, -0.05) is 62.4 Å². The number of alkyl halides is 3. The molecule has 1 aliphatic carbocycles. The molecular formula is C25H27F3N2O5. The number of halogens is 3. The fourth-order valence-corrected chi connectivity index (χ4v) is 4.19. The standard InChI is InChI=1S/C25H27F3N2O5/c1-14(2)11-20(22(31)29-21(23(32)33)12-25(26,27)28)30-24(34)35-13-19-17-9-5-3-7-15(17)16-8-4-6-10-18(16)19/h3-10,14,19-21H,11-13H2,1-2H3,(H,29,31)(H,30,34)(H,32,33)/t20-,21?/m1/s1. The fraction of sp³-hybridized carbons (Fsp3) is 0.400. The number of carbonyl (C=O) groups excluding carboxylic acids is 2. The van der Waals surface area contributed by atoms with E-state index in [4.69, 9.17) is 9.84 Å². The molecule has 3 rings (SSSR count). The Balaban J connectivity index is 1.67. The highest BCUT2D eigenvalue weighted by atomic mass is 19.4. The van der Waals surface area contributed by atoms with Crippen LogP contribution in [-0.2, 0) is 14.3 Å². The van der Waals surface area contributed by atoms with Crippen molar-refractivity contribution in [1.82, 2.24) is 10.6 Å². The van der Waals surface area contributed by atoms with Gasteiger partial charge in [-0.2, -0.15) is 13.2 Å². The summed E-state index contributed by atoms with van der Waals surface area (Å²) in [6, 6.07) is 12.1. The van der Waals surface area contributed by atoms with E-state index < -0.39 is 42.7 Å². The first kappa shape index (κ1) is 26.1. The number of amides is 2. The summed E-state index contributed by atoms with van der Waals surface area (Å²) in [6.07, 6.45) is -7.36. The summed E-state index contributed by atoms with van der Waals surface area (Å²) < 4.78 is 43.5. The summed E-state index contributed by atoms with van der Waals surface area (Å²) in [4.78, 5) is 36.4. The Bertz CT molecular complexity index is 1040. The van der Waals surface area contributed by atoms with E-state index in [1.165, 1.54) is 0 Å². The molecule has 0 aromatic heterocycles. The topological polar surface area (TPSA) is 105 Å². The van der Waals surface area contributed by atoms with Crippen molar-refractivity contribution in [3.8, 4) is 11.1 Å². The zero-order valence-corrected chi connectivity index (χ0v) is 19.3. The summed E-state index contributed by atoms with van der Waals surface area (Å²) in [5.41, 5.74) is 4.07. The van der Waals surface area contributed by atoms with Crippen molar-refractivity contribution in [3.63, 3.8) is 0 Å². The lowest BCUT2D eigenvalue weighted by molar-refractivity contribution is -0.160. The van der Waals surface area contributed by atoms with Gasteiger partial charge < -0.3 is 20.5 Å². The van der Waals surface area contributed by atoms with Gasteiger partial charge in [-0.25, -0.2) is 9.59 Å². The van der Waals surface area contributed by atoms with Gasteiger partial charge in [0, 0.05) is 5.92 Å². The molecule has 0 saturated heterocycles. The third-order valence-electron chi connectivity index (χ3n) is 5.71. The average molecular weight is 492 g/mol. The molecule has 3 N–H and O–H groups in total. The molecule has 2 aromatic carbocycles. The molecule has 0 radical (unpaired) electrons. The summed E-state index contributed by atoms with van der Waals surface area (Å²) in [5.74, 6) is -3.18. The van der Waals surface area contributed by atoms with E-state index in [1.807, 2.05) is 53.8 Å². The summed E-state index contributed by atoms with van der Waals surface area (Å²) >= 11 is 0. The second kappa shape index (κ2) is 10.8. The van der Waals surface area contributed by atoms with Crippen LogP contribution in [0, 0.1) is 5.92 Å². The number of nitrogens with one attached hydrogen (secondary N) is 2. The molecule has 0 heterocycles. The predicted octanol–water partition coefficient (Wildman–Crippen LogP) is 4.46. The lowest BCUT2D eigenvalue weighted by Gasteiger charge is -2.23. The number of carboxylic acids is 1. The number of benzene rings is 2. The molecule has 35 heavy (non-hydrogen) atoms. The molecule has 0 fully saturated rings. The first-order valence-electron chi connectivity index (χ1n) is 11.2. The summed E-state index contributed by atoms with van der Waals surface area (Å²) in [7, 11) is 0. The minimum atomic E-state index is -4.79. The number of fused-ring (bicyclic) bond motifs is 3. The highest BCUT2D eigenvalue weighted by molar-refractivity contribution is 5.89. The Morgan fingerprint density at radius 2 is 1.49 bits per heavy atom. The van der Waals surface area contributed by atoms with Gasteiger partial charge in [0.2, 0.25) is 5.91 Å². The van der Waals surface area contributed by atoms with Gasteiger partial charge in [0.05, 0.1) is 6.42 Å². The van der Waals surface area contributed by atoms with E-state index in [1.54, 1.807) is 13.8 Å². The van der Waals surface area contributed by atoms with E-state index in [0.717, 1.165) is 22.3 Å². The molecule has 188 valence electrons. The van der Waals surface area contributed by atoms with Crippen LogP contribution >= 0.6 is 0 Å². The van der Waals surface area contributed by atoms with Crippen LogP contribution < -0.4 is 10.6 Å². The molecule has 1 unspecified atom stereocenters. The Labute approximate surface area is 200 Å². The van der Waals surface area contributed by atoms with Crippen molar-refractivity contribution >= 4 is 18.0 Å². The van der Waals surface area contributed by atoms with Crippen LogP contribution in [0.1, 0.15) is 43.7 Å². The quantitative estimate of drug-likeness (QED) is 0.479. The molecule has 2 amide bonds. The third-order valence-corrected chi connectivity index (χ3v) is 5.71. The summed E-state index contributed by atoms with van der Waals surface area (Å²) in [5, 5.41) is 13.3. The minimum absolute atomic E-state index is 0.0122. The van der Waals surface area contributed by atoms with Crippen molar-refractivity contribution in [3.05, 3.63) is 59.7 Å². The van der Waals surface area contributed by atoms with Gasteiger partial charge in [0.25, 0.3) is 0 Å². The van der Waals surface area contributed by atoms with Crippen LogP contribution in [0.25, 0.3) is 11.1 Å². The second-order valence-electron chi connectivity index (χ2n) is 8.87. The third kappa shape index (κ3) is 6.74. The lowest BCUT2D eigenvalue weighted by atomic mass is 9.98. The lowest BCUT2D eigenvalue weighted by Crippen LogP contribution is -2.53. The number of hydrogen-bond acceptors (Lipinski definition) is 4. The number of carbonyl (C=O) groups is 3. The zero-order valence-electron chi connectivity index (χ0n) is 19.3. The molecular weight excluding hydrogens is 465 g/mol. The van der Waals surface area contributed by atoms with Crippen LogP contribution in [-0.4, -0.2) is 47.9 Å². The summed E-state index contributed by atoms with van der Waals surface area (Å²) in [6.45, 7) is 3.50. The van der Waals surface area contributed by atoms with Gasteiger partial charge in [0.1, 0.15) is 18.7 Å². The molecule has 2 atom stereocenters. The maximum Gasteiger partial charge on any atom is 0.407 e. The number of alkyl carbamates (subject to hydrolysis) is 1. The fourth-order valence-electron chi connectivity index (χ4n) is 4.19. The first-order chi connectivity index (χ1) is 16.5. The maximum absolute atomic E-state index is 12.7.